The molecule has 182 valence electrons. The van der Waals surface area contributed by atoms with Crippen molar-refractivity contribution in [1.82, 2.24) is 0 Å². The summed E-state index contributed by atoms with van der Waals surface area (Å²) in [5.41, 5.74) is 1.67. The Kier molecular flexibility index (Phi) is 5.66. The molecule has 4 aliphatic rings. The quantitative estimate of drug-likeness (QED) is 0.259. The lowest BCUT2D eigenvalue weighted by atomic mass is 9.48. The van der Waals surface area contributed by atoms with Gasteiger partial charge in [0.1, 0.15) is 11.9 Å². The van der Waals surface area contributed by atoms with Crippen molar-refractivity contribution >= 4 is 17.4 Å². The zero-order chi connectivity index (χ0) is 24.3. The van der Waals surface area contributed by atoms with Crippen molar-refractivity contribution < 1.29 is 24.0 Å². The average molecular weight is 468 g/mol. The van der Waals surface area contributed by atoms with Gasteiger partial charge in [-0.3, -0.25) is 14.9 Å². The number of ether oxygens (including phenoxy) is 2. The van der Waals surface area contributed by atoms with Crippen molar-refractivity contribution in [3.8, 4) is 0 Å². The summed E-state index contributed by atoms with van der Waals surface area (Å²) in [6, 6.07) is 5.56. The minimum atomic E-state index is -0.482. The van der Waals surface area contributed by atoms with Crippen molar-refractivity contribution in [2.24, 2.45) is 28.6 Å². The standard InChI is InChI=1S/C27H33NO6/c1-16(29)23-15-33-24-21-9-6-18-14-20(10-12-26(18,2)22(21)11-13-27(23,24)3)34-25(30)17-4-7-19(8-5-17)28(31)32/h4-8,20-24H,9-15H2,1-3H3/t20?,21?,22?,23?,24?,26-,27+/m0/s1. The summed E-state index contributed by atoms with van der Waals surface area (Å²) in [4.78, 5) is 35.3. The Morgan fingerprint density at radius 3 is 2.56 bits per heavy atom. The highest BCUT2D eigenvalue weighted by molar-refractivity contribution is 5.89. The molecule has 0 bridgehead atoms. The van der Waals surface area contributed by atoms with E-state index in [9.17, 15) is 19.7 Å². The van der Waals surface area contributed by atoms with Gasteiger partial charge in [-0.2, -0.15) is 0 Å². The van der Waals surface area contributed by atoms with Gasteiger partial charge in [0.25, 0.3) is 5.69 Å². The number of hydrogen-bond acceptors (Lipinski definition) is 6. The summed E-state index contributed by atoms with van der Waals surface area (Å²) >= 11 is 0. The van der Waals surface area contributed by atoms with Crippen LogP contribution in [0.15, 0.2) is 35.9 Å². The fourth-order valence-corrected chi connectivity index (χ4v) is 7.52. The second kappa shape index (κ2) is 8.29. The number of non-ortho nitro benzene ring substituents is 1. The molecule has 5 rings (SSSR count). The topological polar surface area (TPSA) is 95.7 Å². The molecular weight excluding hydrogens is 434 g/mol. The fourth-order valence-electron chi connectivity index (χ4n) is 7.52. The van der Waals surface area contributed by atoms with Gasteiger partial charge in [0, 0.05) is 29.9 Å². The van der Waals surface area contributed by atoms with Crippen LogP contribution in [0, 0.1) is 38.7 Å². The first-order chi connectivity index (χ1) is 16.1. The second-order valence-corrected chi connectivity index (χ2v) is 11.2. The number of fused-ring (bicyclic) bond motifs is 5. The molecule has 3 aliphatic carbocycles. The van der Waals surface area contributed by atoms with E-state index < -0.39 is 10.9 Å². The molecule has 3 fully saturated rings. The third-order valence-corrected chi connectivity index (χ3v) is 9.49. The number of Topliss-reactive ketones (excluding diaryl/α,β-unsaturated/α-hetero) is 1. The van der Waals surface area contributed by atoms with E-state index in [4.69, 9.17) is 9.47 Å². The zero-order valence-corrected chi connectivity index (χ0v) is 20.1. The average Bonchev–Trinajstić information content (AvgIpc) is 3.17. The minimum Gasteiger partial charge on any atom is -0.458 e. The van der Waals surface area contributed by atoms with Gasteiger partial charge >= 0.3 is 5.97 Å². The number of ketones is 1. The number of carbonyl (C=O) groups is 2. The molecule has 1 aromatic carbocycles. The van der Waals surface area contributed by atoms with Crippen LogP contribution in [-0.4, -0.2) is 35.5 Å². The van der Waals surface area contributed by atoms with Gasteiger partial charge in [-0.05, 0) is 68.4 Å². The number of nitro benzene ring substituents is 1. The Morgan fingerprint density at radius 2 is 1.88 bits per heavy atom. The van der Waals surface area contributed by atoms with E-state index in [1.54, 1.807) is 6.92 Å². The zero-order valence-electron chi connectivity index (χ0n) is 20.1. The van der Waals surface area contributed by atoms with E-state index >= 15 is 0 Å². The van der Waals surface area contributed by atoms with E-state index in [0.29, 0.717) is 24.0 Å². The van der Waals surface area contributed by atoms with Gasteiger partial charge in [0.2, 0.25) is 0 Å². The van der Waals surface area contributed by atoms with Gasteiger partial charge in [-0.15, -0.1) is 0 Å². The smallest absolute Gasteiger partial charge is 0.338 e. The van der Waals surface area contributed by atoms with Gasteiger partial charge in [0.15, 0.2) is 0 Å². The van der Waals surface area contributed by atoms with Crippen molar-refractivity contribution in [1.29, 1.82) is 0 Å². The number of hydrogen-bond donors (Lipinski definition) is 0. The van der Waals surface area contributed by atoms with Crippen LogP contribution < -0.4 is 0 Å². The fraction of sp³-hybridized carbons (Fsp3) is 0.630. The molecule has 0 aromatic heterocycles. The molecule has 0 N–H and O–H groups in total. The molecule has 1 aromatic rings. The van der Waals surface area contributed by atoms with Crippen molar-refractivity contribution in [2.45, 2.75) is 71.5 Å². The first-order valence-corrected chi connectivity index (χ1v) is 12.4. The molecular formula is C27H33NO6. The number of rotatable bonds is 4. The molecule has 5 unspecified atom stereocenters. The number of esters is 1. The maximum absolute atomic E-state index is 12.7. The largest absolute Gasteiger partial charge is 0.458 e. The van der Waals surface area contributed by atoms with E-state index in [2.05, 4.69) is 19.9 Å². The van der Waals surface area contributed by atoms with Gasteiger partial charge in [-0.1, -0.05) is 25.5 Å². The molecule has 2 saturated carbocycles. The molecule has 7 atom stereocenters. The summed E-state index contributed by atoms with van der Waals surface area (Å²) in [5, 5.41) is 10.8. The first-order valence-electron chi connectivity index (χ1n) is 12.4. The van der Waals surface area contributed by atoms with E-state index in [-0.39, 0.29) is 40.4 Å². The number of allylic oxidation sites excluding steroid dienone is 1. The third kappa shape index (κ3) is 3.60. The summed E-state index contributed by atoms with van der Waals surface area (Å²) in [6.45, 7) is 6.87. The van der Waals surface area contributed by atoms with E-state index in [0.717, 1.165) is 38.5 Å². The minimum absolute atomic E-state index is 0.00574. The van der Waals surface area contributed by atoms with Crippen molar-refractivity contribution in [3.05, 3.63) is 51.6 Å². The maximum Gasteiger partial charge on any atom is 0.338 e. The Morgan fingerprint density at radius 1 is 1.15 bits per heavy atom. The highest BCUT2D eigenvalue weighted by Crippen LogP contribution is 2.62. The van der Waals surface area contributed by atoms with Crippen molar-refractivity contribution in [3.63, 3.8) is 0 Å². The molecule has 0 spiro atoms. The molecule has 7 nitrogen and oxygen atoms in total. The van der Waals surface area contributed by atoms with Crippen LogP contribution in [0.1, 0.15) is 69.7 Å². The van der Waals surface area contributed by atoms with Gasteiger partial charge < -0.3 is 9.47 Å². The predicted octanol–water partition coefficient (Wildman–Crippen LogP) is 5.28. The monoisotopic (exact) mass is 467 g/mol. The number of benzene rings is 1. The molecule has 7 heteroatoms. The highest BCUT2D eigenvalue weighted by atomic mass is 16.6. The van der Waals surface area contributed by atoms with Gasteiger partial charge in [-0.25, -0.2) is 4.79 Å². The lowest BCUT2D eigenvalue weighted by Crippen LogP contribution is -2.53. The number of nitrogens with zero attached hydrogens (tertiary/aromatic N) is 1. The Hall–Kier alpha value is -2.54. The molecule has 1 aliphatic heterocycles. The molecule has 0 radical (unpaired) electrons. The maximum atomic E-state index is 12.7. The lowest BCUT2D eigenvalue weighted by Gasteiger charge is -2.57. The molecule has 1 heterocycles. The van der Waals surface area contributed by atoms with Crippen LogP contribution >= 0.6 is 0 Å². The predicted molar refractivity (Wildman–Crippen MR) is 125 cm³/mol. The molecule has 1 saturated heterocycles. The van der Waals surface area contributed by atoms with Crippen molar-refractivity contribution in [2.75, 3.05) is 6.61 Å². The number of nitro groups is 1. The van der Waals surface area contributed by atoms with Crippen LogP contribution in [-0.2, 0) is 14.3 Å². The summed E-state index contributed by atoms with van der Waals surface area (Å²) in [6.07, 6.45) is 7.86. The lowest BCUT2D eigenvalue weighted by molar-refractivity contribution is -0.384. The van der Waals surface area contributed by atoms with Crippen LogP contribution in [0.25, 0.3) is 0 Å². The van der Waals surface area contributed by atoms with Gasteiger partial charge in [0.05, 0.1) is 23.2 Å². The SMILES string of the molecule is CC(=O)C1COC2C3CC=C4CC(OC(=O)c5ccc([N+](=O)[O-])cc5)CC[C@]4(C)C3CC[C@]12C. The Bertz CT molecular complexity index is 1050. The highest BCUT2D eigenvalue weighted by Gasteiger charge is 2.60. The Balaban J connectivity index is 1.29. The normalized spacial score (nSPS) is 38.7. The van der Waals surface area contributed by atoms with Crippen LogP contribution in [0.2, 0.25) is 0 Å². The van der Waals surface area contributed by atoms with Crippen LogP contribution in [0.4, 0.5) is 5.69 Å². The summed E-state index contributed by atoms with van der Waals surface area (Å²) in [7, 11) is 0. The van der Waals surface area contributed by atoms with E-state index in [1.165, 1.54) is 29.8 Å². The summed E-state index contributed by atoms with van der Waals surface area (Å²) < 4.78 is 12.1. The number of carbonyl (C=O) groups excluding carboxylic acids is 2. The second-order valence-electron chi connectivity index (χ2n) is 11.2. The molecule has 0 amide bonds. The van der Waals surface area contributed by atoms with E-state index in [1.807, 2.05) is 0 Å². The van der Waals surface area contributed by atoms with Crippen LogP contribution in [0.3, 0.4) is 0 Å². The summed E-state index contributed by atoms with van der Waals surface area (Å²) in [5.74, 6) is 0.766. The first kappa shape index (κ1) is 23.2. The van der Waals surface area contributed by atoms with Crippen LogP contribution in [0.5, 0.6) is 0 Å². The molecule has 34 heavy (non-hydrogen) atoms. The third-order valence-electron chi connectivity index (χ3n) is 9.49. The Labute approximate surface area is 200 Å².